The van der Waals surface area contributed by atoms with Gasteiger partial charge in [-0.05, 0) is 33.8 Å². The summed E-state index contributed by atoms with van der Waals surface area (Å²) < 4.78 is 20.5. The molecule has 2 amide bonds. The lowest BCUT2D eigenvalue weighted by molar-refractivity contribution is -0.141. The van der Waals surface area contributed by atoms with Crippen LogP contribution in [0.4, 0.5) is 9.59 Å². The van der Waals surface area contributed by atoms with E-state index in [9.17, 15) is 14.4 Å². The Hall–Kier alpha value is -2.45. The van der Waals surface area contributed by atoms with E-state index in [0.29, 0.717) is 0 Å². The molecule has 2 aliphatic rings. The van der Waals surface area contributed by atoms with Crippen LogP contribution < -0.4 is 0 Å². The number of rotatable bonds is 5. The van der Waals surface area contributed by atoms with E-state index in [1.54, 1.807) is 33.8 Å². The van der Waals surface area contributed by atoms with Crippen LogP contribution in [0.2, 0.25) is 0 Å². The monoisotopic (exact) mass is 370 g/mol. The smallest absolute Gasteiger partial charge is 0.436 e. The van der Waals surface area contributed by atoms with E-state index in [1.165, 1.54) is 19.2 Å². The molecule has 1 saturated carbocycles. The van der Waals surface area contributed by atoms with Crippen LogP contribution in [0.5, 0.6) is 0 Å². The highest BCUT2D eigenvalue weighted by molar-refractivity contribution is 5.78. The molecular formula is C17H26N2O7. The summed E-state index contributed by atoms with van der Waals surface area (Å²) in [7, 11) is 2.70. The molecule has 0 bridgehead atoms. The number of methoxy groups -OCH3 is 2. The number of hydrazine groups is 1. The molecule has 1 fully saturated rings. The van der Waals surface area contributed by atoms with E-state index in [4.69, 9.17) is 18.9 Å². The quantitative estimate of drug-likeness (QED) is 0.541. The summed E-state index contributed by atoms with van der Waals surface area (Å²) in [6, 6.07) is -0.404. The van der Waals surface area contributed by atoms with Gasteiger partial charge in [0.15, 0.2) is 0 Å². The molecule has 9 heteroatoms. The second-order valence-corrected chi connectivity index (χ2v) is 6.74. The zero-order valence-electron chi connectivity index (χ0n) is 15.9. The van der Waals surface area contributed by atoms with Crippen LogP contribution >= 0.6 is 0 Å². The van der Waals surface area contributed by atoms with Crippen LogP contribution in [0, 0.1) is 11.8 Å². The molecule has 3 atom stereocenters. The van der Waals surface area contributed by atoms with Gasteiger partial charge in [0, 0.05) is 11.8 Å². The van der Waals surface area contributed by atoms with Gasteiger partial charge in [0.05, 0.1) is 38.9 Å². The lowest BCUT2D eigenvalue weighted by Crippen LogP contribution is -2.54. The molecule has 0 aromatic heterocycles. The Kier molecular flexibility index (Phi) is 5.99. The predicted octanol–water partition coefficient (Wildman–Crippen LogP) is 2.27. The van der Waals surface area contributed by atoms with Crippen LogP contribution in [-0.4, -0.2) is 60.6 Å². The summed E-state index contributed by atoms with van der Waals surface area (Å²) in [5, 5.41) is 2.21. The fourth-order valence-electron chi connectivity index (χ4n) is 3.00. The molecule has 0 saturated heterocycles. The van der Waals surface area contributed by atoms with Crippen LogP contribution in [-0.2, 0) is 23.7 Å². The highest BCUT2D eigenvalue weighted by atomic mass is 16.6. The maximum Gasteiger partial charge on any atom is 0.436 e. The second kappa shape index (κ2) is 7.84. The first-order valence-electron chi connectivity index (χ1n) is 8.54. The molecular weight excluding hydrogens is 344 g/mol. The minimum Gasteiger partial charge on any atom is -0.481 e. The Morgan fingerprint density at radius 2 is 1.62 bits per heavy atom. The summed E-state index contributed by atoms with van der Waals surface area (Å²) in [6.07, 6.45) is -0.372. The van der Waals surface area contributed by atoms with Crippen LogP contribution in [0.1, 0.15) is 34.1 Å². The summed E-state index contributed by atoms with van der Waals surface area (Å²) in [5.41, 5.74) is 0. The van der Waals surface area contributed by atoms with E-state index in [2.05, 4.69) is 0 Å². The third-order valence-electron chi connectivity index (χ3n) is 4.10. The van der Waals surface area contributed by atoms with Gasteiger partial charge in [0.25, 0.3) is 0 Å². The number of fused-ring (bicyclic) bond motifs is 1. The highest BCUT2D eigenvalue weighted by Crippen LogP contribution is 2.51. The first-order valence-corrected chi connectivity index (χ1v) is 8.54. The molecule has 2 rings (SSSR count). The van der Waals surface area contributed by atoms with Gasteiger partial charge in [0.1, 0.15) is 0 Å². The van der Waals surface area contributed by atoms with Gasteiger partial charge >= 0.3 is 18.2 Å². The van der Waals surface area contributed by atoms with Crippen LogP contribution in [0.15, 0.2) is 12.0 Å². The lowest BCUT2D eigenvalue weighted by Gasteiger charge is -2.36. The van der Waals surface area contributed by atoms with Crippen LogP contribution in [0.3, 0.4) is 0 Å². The number of ether oxygens (including phenoxy) is 4. The maximum absolute atomic E-state index is 12.7. The fraction of sp³-hybridized carbons (Fsp3) is 0.706. The van der Waals surface area contributed by atoms with E-state index in [-0.39, 0.29) is 42.3 Å². The third-order valence-corrected chi connectivity index (χ3v) is 4.10. The van der Waals surface area contributed by atoms with Gasteiger partial charge in [-0.25, -0.2) is 14.6 Å². The van der Waals surface area contributed by atoms with Crippen molar-refractivity contribution in [1.29, 1.82) is 0 Å². The molecule has 146 valence electrons. The van der Waals surface area contributed by atoms with Crippen molar-refractivity contribution in [3.63, 3.8) is 0 Å². The van der Waals surface area contributed by atoms with Gasteiger partial charge in [0.2, 0.25) is 5.88 Å². The van der Waals surface area contributed by atoms with Crippen molar-refractivity contribution in [2.45, 2.75) is 52.4 Å². The molecule has 0 spiro atoms. The Balaban J connectivity index is 2.33. The first kappa shape index (κ1) is 19.9. The average molecular weight is 370 g/mol. The summed E-state index contributed by atoms with van der Waals surface area (Å²) in [5.74, 6) is -0.550. The summed E-state index contributed by atoms with van der Waals surface area (Å²) >= 11 is 0. The number of esters is 1. The number of hydrogen-bond donors (Lipinski definition) is 0. The van der Waals surface area contributed by atoms with E-state index in [0.717, 1.165) is 5.01 Å². The zero-order valence-corrected chi connectivity index (χ0v) is 15.9. The minimum absolute atomic E-state index is 0.123. The number of hydrogen-bond acceptors (Lipinski definition) is 7. The van der Waals surface area contributed by atoms with Gasteiger partial charge in [-0.15, -0.1) is 5.01 Å². The largest absolute Gasteiger partial charge is 0.481 e. The van der Waals surface area contributed by atoms with Gasteiger partial charge in [-0.2, -0.15) is 0 Å². The van der Waals surface area contributed by atoms with Gasteiger partial charge in [-0.1, -0.05) is 0 Å². The predicted molar refractivity (Wildman–Crippen MR) is 89.4 cm³/mol. The fourth-order valence-corrected chi connectivity index (χ4v) is 3.00. The third kappa shape index (κ3) is 4.03. The number of carbonyl (C=O) groups is 3. The van der Waals surface area contributed by atoms with Crippen molar-refractivity contribution in [3.05, 3.63) is 12.0 Å². The number of amides is 2. The molecule has 1 aliphatic carbocycles. The summed E-state index contributed by atoms with van der Waals surface area (Å²) in [4.78, 5) is 36.9. The topological polar surface area (TPSA) is 94.6 Å². The zero-order chi connectivity index (χ0) is 19.6. The molecule has 0 aromatic rings. The number of nitrogens with zero attached hydrogens (tertiary/aromatic N) is 2. The van der Waals surface area contributed by atoms with Crippen molar-refractivity contribution in [2.24, 2.45) is 11.8 Å². The number of carbonyl (C=O) groups excluding carboxylic acids is 3. The molecule has 9 nitrogen and oxygen atoms in total. The highest BCUT2D eigenvalue weighted by Gasteiger charge is 2.61. The Labute approximate surface area is 152 Å². The molecule has 1 heterocycles. The van der Waals surface area contributed by atoms with Crippen molar-refractivity contribution in [2.75, 3.05) is 14.2 Å². The van der Waals surface area contributed by atoms with Crippen LogP contribution in [0.25, 0.3) is 0 Å². The standard InChI is InChI=1S/C17H26N2O7/c1-9(2)25-16(21)18-13(23-5)7-11-12(8-14(20)24-6)15(11)19(18)17(22)26-10(3)4/h7,9-12,15H,8H2,1-6H3/t11-,12+,15-/m1/s1. The SMILES string of the molecule is COC(=O)C[C@H]1[C@H]2C=C(OC)N(C(=O)OC(C)C)N(C(=O)OC(C)C)[C@H]21. The molecule has 0 unspecified atom stereocenters. The maximum atomic E-state index is 12.7. The summed E-state index contributed by atoms with van der Waals surface area (Å²) in [6.45, 7) is 6.83. The average Bonchev–Trinajstić information content (AvgIpc) is 3.23. The normalized spacial score (nSPS) is 24.0. The molecule has 0 aromatic carbocycles. The molecule has 1 aliphatic heterocycles. The molecule has 26 heavy (non-hydrogen) atoms. The van der Waals surface area contributed by atoms with E-state index in [1.807, 2.05) is 0 Å². The van der Waals surface area contributed by atoms with Crippen molar-refractivity contribution in [3.8, 4) is 0 Å². The van der Waals surface area contributed by atoms with E-state index < -0.39 is 18.2 Å². The van der Waals surface area contributed by atoms with E-state index >= 15 is 0 Å². The van der Waals surface area contributed by atoms with Crippen molar-refractivity contribution >= 4 is 18.2 Å². The minimum atomic E-state index is -0.754. The Morgan fingerprint density at radius 1 is 1.04 bits per heavy atom. The lowest BCUT2D eigenvalue weighted by atomic mass is 10.2. The van der Waals surface area contributed by atoms with Gasteiger partial charge in [-0.3, -0.25) is 4.79 Å². The Bertz CT molecular complexity index is 602. The van der Waals surface area contributed by atoms with Crippen molar-refractivity contribution in [1.82, 2.24) is 10.0 Å². The van der Waals surface area contributed by atoms with Crippen molar-refractivity contribution < 1.29 is 33.3 Å². The van der Waals surface area contributed by atoms with Gasteiger partial charge < -0.3 is 18.9 Å². The Morgan fingerprint density at radius 3 is 2.12 bits per heavy atom. The second-order valence-electron chi connectivity index (χ2n) is 6.74. The first-order chi connectivity index (χ1) is 12.2. The molecule has 0 radical (unpaired) electrons. The molecule has 0 N–H and O–H groups in total.